The normalized spacial score (nSPS) is 12.0. The second-order valence-electron chi connectivity index (χ2n) is 3.06. The summed E-state index contributed by atoms with van der Waals surface area (Å²) >= 11 is 0. The molecule has 0 fully saturated rings. The summed E-state index contributed by atoms with van der Waals surface area (Å²) < 4.78 is 1.92. The van der Waals surface area contributed by atoms with Gasteiger partial charge in [0.15, 0.2) is 0 Å². The molecule has 0 bridgehead atoms. The Morgan fingerprint density at radius 1 is 1.50 bits per heavy atom. The van der Waals surface area contributed by atoms with Gasteiger partial charge in [0, 0.05) is 18.9 Å². The molecule has 1 aromatic heterocycles. The van der Waals surface area contributed by atoms with Crippen LogP contribution in [-0.4, -0.2) is 9.67 Å². The van der Waals surface area contributed by atoms with Gasteiger partial charge in [-0.25, -0.2) is 0 Å². The molecule has 0 aliphatic heterocycles. The Morgan fingerprint density at radius 3 is 2.30 bits per heavy atom. The van der Waals surface area contributed by atoms with E-state index in [4.69, 9.17) is 0 Å². The third-order valence-corrected chi connectivity index (χ3v) is 1.57. The lowest BCUT2D eigenvalue weighted by Crippen LogP contribution is -2.18. The van der Waals surface area contributed by atoms with E-state index in [1.54, 1.807) is 13.8 Å². The maximum atomic E-state index is 9.54. The Labute approximate surface area is 61.1 Å². The van der Waals surface area contributed by atoms with Crippen molar-refractivity contribution in [2.75, 3.05) is 0 Å². The van der Waals surface area contributed by atoms with Crippen LogP contribution in [0.25, 0.3) is 0 Å². The molecule has 0 unspecified atom stereocenters. The van der Waals surface area contributed by atoms with Gasteiger partial charge in [-0.3, -0.25) is 0 Å². The first-order valence-electron chi connectivity index (χ1n) is 3.36. The molecular formula is C8H13NO. The molecule has 10 heavy (non-hydrogen) atoms. The molecule has 0 saturated heterocycles. The van der Waals surface area contributed by atoms with Crippen LogP contribution in [0, 0.1) is 0 Å². The van der Waals surface area contributed by atoms with Crippen molar-refractivity contribution in [1.29, 1.82) is 0 Å². The summed E-state index contributed by atoms with van der Waals surface area (Å²) in [4.78, 5) is 0. The lowest BCUT2D eigenvalue weighted by atomic mass is 10.1. The van der Waals surface area contributed by atoms with E-state index < -0.39 is 5.60 Å². The van der Waals surface area contributed by atoms with Gasteiger partial charge in [0.1, 0.15) is 0 Å². The molecule has 0 radical (unpaired) electrons. The molecule has 0 saturated carbocycles. The van der Waals surface area contributed by atoms with Crippen molar-refractivity contribution in [3.05, 3.63) is 24.0 Å². The number of nitrogens with zero attached hydrogens (tertiary/aromatic N) is 1. The third-order valence-electron chi connectivity index (χ3n) is 1.57. The minimum absolute atomic E-state index is 0.724. The molecule has 0 aliphatic carbocycles. The molecule has 0 spiro atoms. The smallest absolute Gasteiger partial charge is 0.0989 e. The van der Waals surface area contributed by atoms with Crippen LogP contribution in [0.4, 0.5) is 0 Å². The Hall–Kier alpha value is -0.760. The molecule has 0 atom stereocenters. The predicted octanol–water partition coefficient (Wildman–Crippen LogP) is 1.25. The number of rotatable bonds is 1. The molecule has 1 heterocycles. The van der Waals surface area contributed by atoms with Gasteiger partial charge in [-0.05, 0) is 26.0 Å². The van der Waals surface area contributed by atoms with Crippen molar-refractivity contribution in [2.24, 2.45) is 7.05 Å². The van der Waals surface area contributed by atoms with Gasteiger partial charge in [-0.2, -0.15) is 0 Å². The van der Waals surface area contributed by atoms with Crippen molar-refractivity contribution in [3.8, 4) is 0 Å². The summed E-state index contributed by atoms with van der Waals surface area (Å²) in [6.45, 7) is 3.56. The lowest BCUT2D eigenvalue weighted by molar-refractivity contribution is 0.0708. The molecule has 1 N–H and O–H groups in total. The summed E-state index contributed by atoms with van der Waals surface area (Å²) in [7, 11) is 1.92. The van der Waals surface area contributed by atoms with Crippen LogP contribution >= 0.6 is 0 Å². The Kier molecular flexibility index (Phi) is 1.57. The van der Waals surface area contributed by atoms with E-state index in [2.05, 4.69) is 0 Å². The van der Waals surface area contributed by atoms with Gasteiger partial charge >= 0.3 is 0 Å². The first-order chi connectivity index (χ1) is 4.52. The van der Waals surface area contributed by atoms with E-state index in [0.717, 1.165) is 5.69 Å². The monoisotopic (exact) mass is 139 g/mol. The van der Waals surface area contributed by atoms with Crippen molar-refractivity contribution in [1.82, 2.24) is 4.57 Å². The fraction of sp³-hybridized carbons (Fsp3) is 0.500. The third kappa shape index (κ3) is 1.21. The zero-order valence-electron chi connectivity index (χ0n) is 6.63. The Balaban J connectivity index is 3.05. The van der Waals surface area contributed by atoms with Crippen molar-refractivity contribution in [2.45, 2.75) is 19.4 Å². The Bertz CT molecular complexity index is 219. The lowest BCUT2D eigenvalue weighted by Gasteiger charge is -2.17. The van der Waals surface area contributed by atoms with Gasteiger partial charge in [-0.15, -0.1) is 0 Å². The van der Waals surface area contributed by atoms with Crippen molar-refractivity contribution < 1.29 is 5.11 Å². The molecular weight excluding hydrogens is 126 g/mol. The SMILES string of the molecule is Cn1cccc1C(C)(C)O. The van der Waals surface area contributed by atoms with Gasteiger partial charge in [0.05, 0.1) is 5.60 Å². The second kappa shape index (κ2) is 2.13. The summed E-state index contributed by atoms with van der Waals surface area (Å²) in [5.74, 6) is 0. The number of hydrogen-bond acceptors (Lipinski definition) is 1. The van der Waals surface area contributed by atoms with Crippen LogP contribution in [0.5, 0.6) is 0 Å². The second-order valence-corrected chi connectivity index (χ2v) is 3.06. The highest BCUT2D eigenvalue weighted by molar-refractivity contribution is 5.12. The quantitative estimate of drug-likeness (QED) is 0.622. The fourth-order valence-corrected chi connectivity index (χ4v) is 1.10. The van der Waals surface area contributed by atoms with Crippen molar-refractivity contribution in [3.63, 3.8) is 0 Å². The molecule has 0 amide bonds. The highest BCUT2D eigenvalue weighted by atomic mass is 16.3. The molecule has 0 aromatic carbocycles. The Morgan fingerprint density at radius 2 is 2.10 bits per heavy atom. The van der Waals surface area contributed by atoms with E-state index in [9.17, 15) is 5.11 Å². The zero-order valence-corrected chi connectivity index (χ0v) is 6.63. The summed E-state index contributed by atoms with van der Waals surface area (Å²) in [6.07, 6.45) is 1.92. The number of hydrogen-bond donors (Lipinski definition) is 1. The van der Waals surface area contributed by atoms with Gasteiger partial charge in [0.2, 0.25) is 0 Å². The highest BCUT2D eigenvalue weighted by Crippen LogP contribution is 2.18. The molecule has 56 valence electrons. The zero-order chi connectivity index (χ0) is 7.78. The average Bonchev–Trinajstić information content (AvgIpc) is 2.11. The molecule has 1 aromatic rings. The number of aliphatic hydroxyl groups is 1. The number of aryl methyl sites for hydroxylation is 1. The standard InChI is InChI=1S/C8H13NO/c1-8(2,10)7-5-4-6-9(7)3/h4-6,10H,1-3H3. The van der Waals surface area contributed by atoms with Crippen LogP contribution in [-0.2, 0) is 12.6 Å². The topological polar surface area (TPSA) is 25.2 Å². The molecule has 0 aliphatic rings. The summed E-state index contributed by atoms with van der Waals surface area (Å²) in [5, 5.41) is 9.54. The van der Waals surface area contributed by atoms with E-state index >= 15 is 0 Å². The first kappa shape index (κ1) is 7.35. The van der Waals surface area contributed by atoms with Crippen LogP contribution < -0.4 is 0 Å². The van der Waals surface area contributed by atoms with Gasteiger partial charge in [0.25, 0.3) is 0 Å². The van der Waals surface area contributed by atoms with Crippen LogP contribution in [0.1, 0.15) is 19.5 Å². The molecule has 1 rings (SSSR count). The largest absolute Gasteiger partial charge is 0.384 e. The average molecular weight is 139 g/mol. The van der Waals surface area contributed by atoms with Crippen LogP contribution in [0.2, 0.25) is 0 Å². The van der Waals surface area contributed by atoms with Crippen LogP contribution in [0.3, 0.4) is 0 Å². The van der Waals surface area contributed by atoms with Gasteiger partial charge in [-0.1, -0.05) is 0 Å². The minimum Gasteiger partial charge on any atom is -0.384 e. The summed E-state index contributed by atoms with van der Waals surface area (Å²) in [6, 6.07) is 3.84. The van der Waals surface area contributed by atoms with E-state index in [1.807, 2.05) is 29.9 Å². The van der Waals surface area contributed by atoms with Crippen molar-refractivity contribution >= 4 is 0 Å². The highest BCUT2D eigenvalue weighted by Gasteiger charge is 2.17. The van der Waals surface area contributed by atoms with E-state index in [-0.39, 0.29) is 0 Å². The predicted molar refractivity (Wildman–Crippen MR) is 40.7 cm³/mol. The summed E-state index contributed by atoms with van der Waals surface area (Å²) in [5.41, 5.74) is 0.214. The first-order valence-corrected chi connectivity index (χ1v) is 3.36. The van der Waals surface area contributed by atoms with E-state index in [1.165, 1.54) is 0 Å². The molecule has 2 heteroatoms. The fourth-order valence-electron chi connectivity index (χ4n) is 1.10. The molecule has 2 nitrogen and oxygen atoms in total. The van der Waals surface area contributed by atoms with Crippen LogP contribution in [0.15, 0.2) is 18.3 Å². The minimum atomic E-state index is -0.724. The number of aromatic nitrogens is 1. The van der Waals surface area contributed by atoms with E-state index in [0.29, 0.717) is 0 Å². The maximum absolute atomic E-state index is 9.54. The van der Waals surface area contributed by atoms with Gasteiger partial charge < -0.3 is 9.67 Å². The maximum Gasteiger partial charge on any atom is 0.0989 e.